The van der Waals surface area contributed by atoms with Crippen molar-refractivity contribution in [2.45, 2.75) is 12.2 Å². The van der Waals surface area contributed by atoms with Crippen LogP contribution in [0.15, 0.2) is 42.5 Å². The molecule has 0 bridgehead atoms. The van der Waals surface area contributed by atoms with Crippen molar-refractivity contribution in [2.24, 2.45) is 0 Å². The highest BCUT2D eigenvalue weighted by Gasteiger charge is 2.27. The molecule has 100 valence electrons. The maximum atomic E-state index is 11.8. The number of fused-ring (bicyclic) bond motifs is 1. The molecule has 0 saturated heterocycles. The van der Waals surface area contributed by atoms with Crippen molar-refractivity contribution in [2.75, 3.05) is 4.72 Å². The second-order valence-electron chi connectivity index (χ2n) is 4.19. The summed E-state index contributed by atoms with van der Waals surface area (Å²) in [6, 6.07) is 12.6. The standard InChI is InChI=1S/C13H13NO4S/c1-9(13(15)16)19(17,18)14-12-7-6-10-4-2-3-5-11(10)8-12/h2-9,14H,1H3,(H,15,16). The lowest BCUT2D eigenvalue weighted by molar-refractivity contribution is -0.136. The Balaban J connectivity index is 2.34. The van der Waals surface area contributed by atoms with Crippen molar-refractivity contribution in [1.82, 2.24) is 0 Å². The zero-order valence-electron chi connectivity index (χ0n) is 10.2. The molecule has 2 rings (SSSR count). The van der Waals surface area contributed by atoms with Crippen LogP contribution in [0.2, 0.25) is 0 Å². The molecule has 0 aliphatic rings. The van der Waals surface area contributed by atoms with Gasteiger partial charge in [0, 0.05) is 5.69 Å². The second kappa shape index (κ2) is 4.89. The van der Waals surface area contributed by atoms with Crippen LogP contribution in [-0.2, 0) is 14.8 Å². The fourth-order valence-electron chi connectivity index (χ4n) is 1.64. The van der Waals surface area contributed by atoms with Crippen molar-refractivity contribution < 1.29 is 18.3 Å². The van der Waals surface area contributed by atoms with Gasteiger partial charge in [-0.2, -0.15) is 0 Å². The molecule has 0 amide bonds. The van der Waals surface area contributed by atoms with Crippen molar-refractivity contribution >= 4 is 32.5 Å². The van der Waals surface area contributed by atoms with Crippen LogP contribution in [0.25, 0.3) is 10.8 Å². The number of hydrogen-bond acceptors (Lipinski definition) is 3. The van der Waals surface area contributed by atoms with Gasteiger partial charge in [0.2, 0.25) is 10.0 Å². The van der Waals surface area contributed by atoms with Gasteiger partial charge in [0.05, 0.1) is 0 Å². The molecule has 5 nitrogen and oxygen atoms in total. The van der Waals surface area contributed by atoms with E-state index in [-0.39, 0.29) is 0 Å². The summed E-state index contributed by atoms with van der Waals surface area (Å²) < 4.78 is 25.9. The van der Waals surface area contributed by atoms with Crippen LogP contribution >= 0.6 is 0 Å². The number of rotatable bonds is 4. The van der Waals surface area contributed by atoms with Crippen molar-refractivity contribution in [1.29, 1.82) is 0 Å². The Bertz CT molecular complexity index is 724. The number of hydrogen-bond donors (Lipinski definition) is 2. The van der Waals surface area contributed by atoms with E-state index in [1.807, 2.05) is 24.3 Å². The summed E-state index contributed by atoms with van der Waals surface area (Å²) in [6.45, 7) is 1.13. The average Bonchev–Trinajstić information content (AvgIpc) is 2.37. The summed E-state index contributed by atoms with van der Waals surface area (Å²) in [5, 5.41) is 9.11. The molecule has 0 aliphatic carbocycles. The predicted molar refractivity (Wildman–Crippen MR) is 73.6 cm³/mol. The van der Waals surface area contributed by atoms with Gasteiger partial charge < -0.3 is 5.11 Å². The fourth-order valence-corrected chi connectivity index (χ4v) is 2.54. The molecule has 0 saturated carbocycles. The number of benzene rings is 2. The summed E-state index contributed by atoms with van der Waals surface area (Å²) in [7, 11) is -3.93. The SMILES string of the molecule is CC(C(=O)O)S(=O)(=O)Nc1ccc2ccccc2c1. The molecule has 2 N–H and O–H groups in total. The van der Waals surface area contributed by atoms with Gasteiger partial charge in [-0.15, -0.1) is 0 Å². The molecule has 1 unspecified atom stereocenters. The molecule has 2 aromatic rings. The fraction of sp³-hybridized carbons (Fsp3) is 0.154. The third-order valence-electron chi connectivity index (χ3n) is 2.82. The van der Waals surface area contributed by atoms with Gasteiger partial charge in [-0.3, -0.25) is 9.52 Å². The van der Waals surface area contributed by atoms with Crippen LogP contribution < -0.4 is 4.72 Å². The Morgan fingerprint density at radius 3 is 2.42 bits per heavy atom. The number of anilines is 1. The van der Waals surface area contributed by atoms with E-state index in [0.29, 0.717) is 5.69 Å². The first kappa shape index (κ1) is 13.4. The molecule has 0 heterocycles. The molecule has 0 radical (unpaired) electrons. The van der Waals surface area contributed by atoms with Crippen LogP contribution in [0.3, 0.4) is 0 Å². The largest absolute Gasteiger partial charge is 0.480 e. The lowest BCUT2D eigenvalue weighted by atomic mass is 10.1. The molecule has 0 spiro atoms. The Morgan fingerprint density at radius 2 is 1.79 bits per heavy atom. The minimum Gasteiger partial charge on any atom is -0.480 e. The zero-order chi connectivity index (χ0) is 14.0. The van der Waals surface area contributed by atoms with Gasteiger partial charge in [0.15, 0.2) is 5.25 Å². The average molecular weight is 279 g/mol. The number of aliphatic carboxylic acids is 1. The van der Waals surface area contributed by atoms with Crippen molar-refractivity contribution in [3.8, 4) is 0 Å². The lowest BCUT2D eigenvalue weighted by Crippen LogP contribution is -2.32. The van der Waals surface area contributed by atoms with Crippen LogP contribution in [0.5, 0.6) is 0 Å². The zero-order valence-corrected chi connectivity index (χ0v) is 11.0. The van der Waals surface area contributed by atoms with Crippen LogP contribution in [0.1, 0.15) is 6.92 Å². The molecule has 0 aliphatic heterocycles. The summed E-state index contributed by atoms with van der Waals surface area (Å²) in [4.78, 5) is 10.7. The quantitative estimate of drug-likeness (QED) is 0.897. The van der Waals surface area contributed by atoms with E-state index in [1.165, 1.54) is 0 Å². The highest BCUT2D eigenvalue weighted by atomic mass is 32.2. The Labute approximate surface area is 110 Å². The Hall–Kier alpha value is -2.08. The third-order valence-corrected chi connectivity index (χ3v) is 4.48. The molecule has 0 fully saturated rings. The maximum Gasteiger partial charge on any atom is 0.323 e. The smallest absolute Gasteiger partial charge is 0.323 e. The summed E-state index contributed by atoms with van der Waals surface area (Å²) in [5.41, 5.74) is 0.354. The van der Waals surface area contributed by atoms with E-state index in [0.717, 1.165) is 17.7 Å². The van der Waals surface area contributed by atoms with Crippen LogP contribution in [0, 0.1) is 0 Å². The molecule has 1 atom stereocenters. The Kier molecular flexibility index (Phi) is 3.44. The van der Waals surface area contributed by atoms with Crippen molar-refractivity contribution in [3.63, 3.8) is 0 Å². The van der Waals surface area contributed by atoms with Gasteiger partial charge in [0.1, 0.15) is 0 Å². The minimum atomic E-state index is -3.93. The third kappa shape index (κ3) is 2.85. The highest BCUT2D eigenvalue weighted by Crippen LogP contribution is 2.20. The summed E-state index contributed by atoms with van der Waals surface area (Å²) in [6.07, 6.45) is 0. The van der Waals surface area contributed by atoms with E-state index in [9.17, 15) is 13.2 Å². The lowest BCUT2D eigenvalue weighted by Gasteiger charge is -2.11. The summed E-state index contributed by atoms with van der Waals surface area (Å²) >= 11 is 0. The minimum absolute atomic E-state index is 0.354. The van der Waals surface area contributed by atoms with Gasteiger partial charge in [-0.25, -0.2) is 8.42 Å². The molecule has 19 heavy (non-hydrogen) atoms. The Morgan fingerprint density at radius 1 is 1.16 bits per heavy atom. The molecular formula is C13H13NO4S. The topological polar surface area (TPSA) is 83.5 Å². The molecular weight excluding hydrogens is 266 g/mol. The van der Waals surface area contributed by atoms with E-state index >= 15 is 0 Å². The first-order chi connectivity index (χ1) is 8.90. The summed E-state index contributed by atoms with van der Waals surface area (Å²) in [5.74, 6) is -1.38. The van der Waals surface area contributed by atoms with E-state index in [4.69, 9.17) is 5.11 Å². The van der Waals surface area contributed by atoms with E-state index in [1.54, 1.807) is 18.2 Å². The first-order valence-corrected chi connectivity index (χ1v) is 7.18. The van der Waals surface area contributed by atoms with Gasteiger partial charge in [-0.05, 0) is 29.8 Å². The van der Waals surface area contributed by atoms with Crippen LogP contribution in [0.4, 0.5) is 5.69 Å². The molecule has 2 aromatic carbocycles. The predicted octanol–water partition coefficient (Wildman–Crippen LogP) is 2.05. The van der Waals surface area contributed by atoms with E-state index in [2.05, 4.69) is 4.72 Å². The molecule has 0 aromatic heterocycles. The molecule has 6 heteroatoms. The van der Waals surface area contributed by atoms with Crippen LogP contribution in [-0.4, -0.2) is 24.7 Å². The van der Waals surface area contributed by atoms with Crippen molar-refractivity contribution in [3.05, 3.63) is 42.5 Å². The van der Waals surface area contributed by atoms with Gasteiger partial charge >= 0.3 is 5.97 Å². The number of carboxylic acids is 1. The first-order valence-electron chi connectivity index (χ1n) is 5.63. The number of nitrogens with one attached hydrogen (secondary N) is 1. The monoisotopic (exact) mass is 279 g/mol. The second-order valence-corrected chi connectivity index (χ2v) is 6.19. The van der Waals surface area contributed by atoms with E-state index < -0.39 is 21.2 Å². The number of sulfonamides is 1. The van der Waals surface area contributed by atoms with Gasteiger partial charge in [0.25, 0.3) is 0 Å². The highest BCUT2D eigenvalue weighted by molar-refractivity contribution is 7.94. The number of carbonyl (C=O) groups is 1. The maximum absolute atomic E-state index is 11.8. The number of carboxylic acid groups (broad SMARTS) is 1. The normalized spacial score (nSPS) is 13.1. The van der Waals surface area contributed by atoms with Gasteiger partial charge in [-0.1, -0.05) is 30.3 Å².